The molecule has 0 fully saturated rings. The van der Waals surface area contributed by atoms with Crippen molar-refractivity contribution in [3.63, 3.8) is 0 Å². The molecule has 0 amide bonds. The molecular weight excluding hydrogens is 292 g/mol. The number of hydrogen-bond acceptors (Lipinski definition) is 4. The molecule has 0 radical (unpaired) electrons. The number of ether oxygens (including phenoxy) is 1. The van der Waals surface area contributed by atoms with Gasteiger partial charge in [0, 0.05) is 5.56 Å². The van der Waals surface area contributed by atoms with Crippen LogP contribution >= 0.6 is 0 Å². The van der Waals surface area contributed by atoms with Crippen molar-refractivity contribution in [1.29, 1.82) is 0 Å². The molecular formula is C19H26O4. The van der Waals surface area contributed by atoms with Gasteiger partial charge in [-0.25, -0.2) is 0 Å². The predicted octanol–water partition coefficient (Wildman–Crippen LogP) is 4.28. The molecule has 1 rings (SSSR count). The number of ketones is 1. The maximum absolute atomic E-state index is 12.0. The quantitative estimate of drug-likeness (QED) is 0.319. The van der Waals surface area contributed by atoms with Crippen LogP contribution in [0.4, 0.5) is 0 Å². The molecule has 1 unspecified atom stereocenters. The zero-order valence-corrected chi connectivity index (χ0v) is 14.2. The molecule has 0 heterocycles. The minimum atomic E-state index is -0.590. The Morgan fingerprint density at radius 2 is 1.91 bits per heavy atom. The van der Waals surface area contributed by atoms with Crippen molar-refractivity contribution < 1.29 is 19.4 Å². The van der Waals surface area contributed by atoms with E-state index in [1.807, 2.05) is 19.9 Å². The Balaban J connectivity index is 2.46. The van der Waals surface area contributed by atoms with Crippen molar-refractivity contribution in [2.24, 2.45) is 5.92 Å². The maximum Gasteiger partial charge on any atom is 0.314 e. The molecule has 4 heteroatoms. The second-order valence-electron chi connectivity index (χ2n) is 6.49. The molecule has 1 aromatic carbocycles. The molecule has 0 aliphatic heterocycles. The first kappa shape index (κ1) is 18.9. The van der Waals surface area contributed by atoms with Crippen LogP contribution in [0.25, 0.3) is 0 Å². The van der Waals surface area contributed by atoms with Crippen LogP contribution < -0.4 is 0 Å². The predicted molar refractivity (Wildman–Crippen MR) is 90.4 cm³/mol. The molecule has 1 N–H and O–H groups in total. The molecule has 0 spiro atoms. The van der Waals surface area contributed by atoms with Gasteiger partial charge in [0.25, 0.3) is 0 Å². The molecule has 23 heavy (non-hydrogen) atoms. The molecule has 1 atom stereocenters. The summed E-state index contributed by atoms with van der Waals surface area (Å²) >= 11 is 0. The molecule has 0 saturated carbocycles. The van der Waals surface area contributed by atoms with E-state index in [0.29, 0.717) is 11.5 Å². The van der Waals surface area contributed by atoms with Gasteiger partial charge in [-0.15, -0.1) is 6.58 Å². The Morgan fingerprint density at radius 3 is 2.48 bits per heavy atom. The number of Topliss-reactive ketones (excluding diaryl/α,β-unsaturated/α-hetero) is 1. The fourth-order valence-corrected chi connectivity index (χ4v) is 2.24. The van der Waals surface area contributed by atoms with Gasteiger partial charge in [-0.05, 0) is 63.3 Å². The van der Waals surface area contributed by atoms with Crippen LogP contribution in [0.3, 0.4) is 0 Å². The highest BCUT2D eigenvalue weighted by atomic mass is 16.6. The highest BCUT2D eigenvalue weighted by molar-refractivity contribution is 6.06. The van der Waals surface area contributed by atoms with Crippen LogP contribution in [0.1, 0.15) is 56.8 Å². The van der Waals surface area contributed by atoms with Crippen LogP contribution in [0.2, 0.25) is 0 Å². The summed E-state index contributed by atoms with van der Waals surface area (Å²) in [6, 6.07) is 5.83. The molecule has 126 valence electrons. The van der Waals surface area contributed by atoms with Crippen LogP contribution in [0, 0.1) is 5.92 Å². The smallest absolute Gasteiger partial charge is 0.314 e. The summed E-state index contributed by atoms with van der Waals surface area (Å²) in [6.07, 6.45) is 4.28. The monoisotopic (exact) mass is 318 g/mol. The van der Waals surface area contributed by atoms with Crippen LogP contribution in [-0.2, 0) is 9.53 Å². The second-order valence-corrected chi connectivity index (χ2v) is 6.49. The summed E-state index contributed by atoms with van der Waals surface area (Å²) < 4.78 is 5.43. The van der Waals surface area contributed by atoms with Crippen molar-refractivity contribution in [1.82, 2.24) is 0 Å². The first-order valence-electron chi connectivity index (χ1n) is 7.90. The number of esters is 1. The average Bonchev–Trinajstić information content (AvgIpc) is 2.46. The Kier molecular flexibility index (Phi) is 7.01. The summed E-state index contributed by atoms with van der Waals surface area (Å²) in [5.41, 5.74) is -0.204. The van der Waals surface area contributed by atoms with Gasteiger partial charge in [0.1, 0.15) is 17.8 Å². The van der Waals surface area contributed by atoms with E-state index in [4.69, 9.17) is 4.74 Å². The van der Waals surface area contributed by atoms with E-state index in [-0.39, 0.29) is 18.0 Å². The number of phenols is 1. The van der Waals surface area contributed by atoms with Crippen LogP contribution in [0.15, 0.2) is 36.9 Å². The molecule has 0 aliphatic rings. The summed E-state index contributed by atoms with van der Waals surface area (Å²) in [7, 11) is 0. The topological polar surface area (TPSA) is 63.6 Å². The van der Waals surface area contributed by atoms with Crippen molar-refractivity contribution in [3.8, 4) is 5.75 Å². The van der Waals surface area contributed by atoms with Crippen molar-refractivity contribution >= 4 is 11.8 Å². The molecule has 0 aliphatic carbocycles. The summed E-state index contributed by atoms with van der Waals surface area (Å²) in [5, 5.41) is 9.20. The Morgan fingerprint density at radius 1 is 1.30 bits per heavy atom. The van der Waals surface area contributed by atoms with Gasteiger partial charge in [0.15, 0.2) is 5.78 Å². The highest BCUT2D eigenvalue weighted by Crippen LogP contribution is 2.21. The van der Waals surface area contributed by atoms with Gasteiger partial charge in [-0.1, -0.05) is 13.0 Å². The fraction of sp³-hybridized carbons (Fsp3) is 0.474. The molecule has 0 saturated heterocycles. The minimum Gasteiger partial charge on any atom is -0.508 e. The van der Waals surface area contributed by atoms with Crippen LogP contribution in [-0.4, -0.2) is 22.5 Å². The van der Waals surface area contributed by atoms with E-state index in [1.54, 1.807) is 0 Å². The largest absolute Gasteiger partial charge is 0.508 e. The van der Waals surface area contributed by atoms with Gasteiger partial charge in [0.2, 0.25) is 0 Å². The normalized spacial score (nSPS) is 12.5. The summed E-state index contributed by atoms with van der Waals surface area (Å²) in [4.78, 5) is 24.0. The molecule has 0 aromatic heterocycles. The first-order chi connectivity index (χ1) is 10.7. The number of benzene rings is 1. The lowest BCUT2D eigenvalue weighted by molar-refractivity contribution is -0.155. The summed E-state index contributed by atoms with van der Waals surface area (Å²) in [6.45, 7) is 9.56. The van der Waals surface area contributed by atoms with E-state index < -0.39 is 11.6 Å². The van der Waals surface area contributed by atoms with E-state index in [0.717, 1.165) is 19.3 Å². The van der Waals surface area contributed by atoms with Gasteiger partial charge in [0.05, 0.1) is 0 Å². The number of phenolic OH excluding ortho intramolecular Hbond substituents is 1. The Hall–Kier alpha value is -2.10. The number of carbonyl (C=O) groups excluding carboxylic acids is 2. The lowest BCUT2D eigenvalue weighted by Crippen LogP contribution is -2.29. The molecule has 1 aromatic rings. The van der Waals surface area contributed by atoms with Crippen molar-refractivity contribution in [3.05, 3.63) is 42.5 Å². The first-order valence-corrected chi connectivity index (χ1v) is 7.90. The molecule has 0 bridgehead atoms. The minimum absolute atomic E-state index is 0.0824. The Bertz CT molecular complexity index is 543. The summed E-state index contributed by atoms with van der Waals surface area (Å²) in [5.74, 6) is -0.312. The second kappa shape index (κ2) is 8.51. The Labute approximate surface area is 138 Å². The SMILES string of the molecule is C=CC(C)CCCC(C)(C)OC(=O)CC(=O)c1ccc(O)cc1. The third-order valence-corrected chi connectivity index (χ3v) is 3.72. The van der Waals surface area contributed by atoms with E-state index in [9.17, 15) is 14.7 Å². The zero-order chi connectivity index (χ0) is 17.5. The number of aromatic hydroxyl groups is 1. The highest BCUT2D eigenvalue weighted by Gasteiger charge is 2.24. The number of rotatable bonds is 9. The fourth-order valence-electron chi connectivity index (χ4n) is 2.24. The van der Waals surface area contributed by atoms with Gasteiger partial charge < -0.3 is 9.84 Å². The van der Waals surface area contributed by atoms with E-state index in [2.05, 4.69) is 13.5 Å². The number of hydrogen-bond donors (Lipinski definition) is 1. The zero-order valence-electron chi connectivity index (χ0n) is 14.2. The van der Waals surface area contributed by atoms with E-state index in [1.165, 1.54) is 24.3 Å². The van der Waals surface area contributed by atoms with Crippen LogP contribution in [0.5, 0.6) is 5.75 Å². The van der Waals surface area contributed by atoms with Gasteiger partial charge in [-0.2, -0.15) is 0 Å². The lowest BCUT2D eigenvalue weighted by atomic mass is 9.96. The van der Waals surface area contributed by atoms with Crippen molar-refractivity contribution in [2.75, 3.05) is 0 Å². The maximum atomic E-state index is 12.0. The standard InChI is InChI=1S/C19H26O4/c1-5-14(2)7-6-12-19(3,4)23-18(22)13-17(21)15-8-10-16(20)11-9-15/h5,8-11,14,20H,1,6-7,12-13H2,2-4H3. The van der Waals surface area contributed by atoms with Crippen molar-refractivity contribution in [2.45, 2.75) is 52.1 Å². The van der Waals surface area contributed by atoms with Gasteiger partial charge in [-0.3, -0.25) is 9.59 Å². The third kappa shape index (κ3) is 7.13. The lowest BCUT2D eigenvalue weighted by Gasteiger charge is -2.25. The number of allylic oxidation sites excluding steroid dienone is 1. The average molecular weight is 318 g/mol. The third-order valence-electron chi connectivity index (χ3n) is 3.72. The van der Waals surface area contributed by atoms with E-state index >= 15 is 0 Å². The molecule has 4 nitrogen and oxygen atoms in total. The van der Waals surface area contributed by atoms with Gasteiger partial charge >= 0.3 is 5.97 Å². The number of carbonyl (C=O) groups is 2.